The maximum atomic E-state index is 13.0. The summed E-state index contributed by atoms with van der Waals surface area (Å²) in [4.78, 5) is 31.5. The molecule has 0 bridgehead atoms. The number of pyridine rings is 1. The Bertz CT molecular complexity index is 1140. The fourth-order valence-electron chi connectivity index (χ4n) is 3.52. The highest BCUT2D eigenvalue weighted by Gasteiger charge is 2.47. The highest BCUT2D eigenvalue weighted by atomic mass is 35.5. The molecule has 1 aliphatic rings. The van der Waals surface area contributed by atoms with Crippen molar-refractivity contribution in [2.75, 3.05) is 6.61 Å². The normalized spacial score (nSPS) is 17.9. The molecule has 3 aromatic rings. The maximum Gasteiger partial charge on any atom is 0.296 e. The highest BCUT2D eigenvalue weighted by Crippen LogP contribution is 2.41. The van der Waals surface area contributed by atoms with Gasteiger partial charge in [-0.1, -0.05) is 17.7 Å². The van der Waals surface area contributed by atoms with E-state index >= 15 is 0 Å². The molecule has 0 spiro atoms. The number of carbonyl (C=O) groups is 2. The molecular formula is C23H19ClN2O5. The van der Waals surface area contributed by atoms with Crippen LogP contribution in [0.15, 0.2) is 71.0 Å². The number of carbonyl (C=O) groups excluding carboxylic acids is 2. The number of furan rings is 1. The average molecular weight is 439 g/mol. The third kappa shape index (κ3) is 3.92. The Kier molecular flexibility index (Phi) is 5.77. The van der Waals surface area contributed by atoms with Crippen LogP contribution in [0.3, 0.4) is 0 Å². The standard InChI is InChI=1S/C23H19ClN2O5/c1-2-30-18-12-14(8-9-16(18)24)21(27)19-20(17-7-5-11-31-17)26(23(29)22(19)28)13-15-6-3-4-10-25-15/h3-12,20,27H,2,13H2,1H3/b21-19-. The Morgan fingerprint density at radius 2 is 2.06 bits per heavy atom. The van der Waals surface area contributed by atoms with Gasteiger partial charge in [-0.25, -0.2) is 0 Å². The summed E-state index contributed by atoms with van der Waals surface area (Å²) in [5, 5.41) is 11.4. The number of aliphatic hydroxyl groups is 1. The zero-order valence-electron chi connectivity index (χ0n) is 16.6. The summed E-state index contributed by atoms with van der Waals surface area (Å²) in [6.07, 6.45) is 3.06. The number of halogens is 1. The number of amides is 1. The first-order valence-electron chi connectivity index (χ1n) is 9.65. The summed E-state index contributed by atoms with van der Waals surface area (Å²) in [5.41, 5.74) is 0.840. The number of Topliss-reactive ketones (excluding diaryl/α,β-unsaturated/α-hetero) is 1. The fraction of sp³-hybridized carbons (Fsp3) is 0.174. The molecule has 1 aromatic carbocycles. The molecule has 1 aliphatic heterocycles. The molecular weight excluding hydrogens is 420 g/mol. The molecule has 0 saturated carbocycles. The molecule has 0 radical (unpaired) electrons. The van der Waals surface area contributed by atoms with E-state index in [-0.39, 0.29) is 17.9 Å². The van der Waals surface area contributed by atoms with E-state index in [1.54, 1.807) is 48.7 Å². The largest absolute Gasteiger partial charge is 0.507 e. The lowest BCUT2D eigenvalue weighted by atomic mass is 9.99. The molecule has 158 valence electrons. The number of aromatic nitrogens is 1. The van der Waals surface area contributed by atoms with Crippen LogP contribution < -0.4 is 4.74 Å². The van der Waals surface area contributed by atoms with E-state index in [0.717, 1.165) is 0 Å². The molecule has 4 rings (SSSR count). The first kappa shape index (κ1) is 20.7. The number of hydrogen-bond donors (Lipinski definition) is 1. The van der Waals surface area contributed by atoms with Crippen LogP contribution in [-0.4, -0.2) is 33.3 Å². The lowest BCUT2D eigenvalue weighted by Gasteiger charge is -2.23. The van der Waals surface area contributed by atoms with Crippen LogP contribution >= 0.6 is 11.6 Å². The molecule has 1 atom stereocenters. The van der Waals surface area contributed by atoms with Crippen molar-refractivity contribution in [1.29, 1.82) is 0 Å². The molecule has 0 aliphatic carbocycles. The third-order valence-electron chi connectivity index (χ3n) is 4.92. The van der Waals surface area contributed by atoms with Crippen LogP contribution in [0.25, 0.3) is 5.76 Å². The molecule has 3 heterocycles. The first-order chi connectivity index (χ1) is 15.0. The second kappa shape index (κ2) is 8.65. The molecule has 1 saturated heterocycles. The Morgan fingerprint density at radius 3 is 2.74 bits per heavy atom. The van der Waals surface area contributed by atoms with Crippen molar-refractivity contribution in [3.8, 4) is 5.75 Å². The number of ketones is 1. The van der Waals surface area contributed by atoms with Crippen LogP contribution in [0, 0.1) is 0 Å². The van der Waals surface area contributed by atoms with Crippen molar-refractivity contribution < 1.29 is 23.8 Å². The van der Waals surface area contributed by atoms with Gasteiger partial charge in [-0.05, 0) is 49.4 Å². The summed E-state index contributed by atoms with van der Waals surface area (Å²) < 4.78 is 11.0. The Morgan fingerprint density at radius 1 is 1.23 bits per heavy atom. The van der Waals surface area contributed by atoms with Gasteiger partial charge in [0.05, 0.1) is 35.7 Å². The summed E-state index contributed by atoms with van der Waals surface area (Å²) in [5.74, 6) is -1.16. The van der Waals surface area contributed by atoms with Gasteiger partial charge in [0.2, 0.25) is 0 Å². The van der Waals surface area contributed by atoms with Crippen LogP contribution in [-0.2, 0) is 16.1 Å². The second-order valence-electron chi connectivity index (χ2n) is 6.84. The predicted molar refractivity (Wildman–Crippen MR) is 113 cm³/mol. The van der Waals surface area contributed by atoms with Crippen LogP contribution in [0.4, 0.5) is 0 Å². The van der Waals surface area contributed by atoms with E-state index in [2.05, 4.69) is 4.98 Å². The van der Waals surface area contributed by atoms with Crippen LogP contribution in [0.2, 0.25) is 5.02 Å². The Balaban J connectivity index is 1.82. The zero-order valence-corrected chi connectivity index (χ0v) is 17.4. The number of rotatable bonds is 6. The van der Waals surface area contributed by atoms with Gasteiger partial charge in [-0.2, -0.15) is 0 Å². The number of nitrogens with zero attached hydrogens (tertiary/aromatic N) is 2. The predicted octanol–water partition coefficient (Wildman–Crippen LogP) is 4.35. The van der Waals surface area contributed by atoms with Crippen molar-refractivity contribution in [1.82, 2.24) is 9.88 Å². The average Bonchev–Trinajstić information content (AvgIpc) is 3.38. The summed E-state index contributed by atoms with van der Waals surface area (Å²) in [6.45, 7) is 2.27. The topological polar surface area (TPSA) is 92.9 Å². The molecule has 1 fully saturated rings. The quantitative estimate of drug-likeness (QED) is 0.349. The van der Waals surface area contributed by atoms with E-state index in [0.29, 0.717) is 34.4 Å². The van der Waals surface area contributed by atoms with Crippen LogP contribution in [0.1, 0.15) is 30.0 Å². The number of aliphatic hydroxyl groups excluding tert-OH is 1. The van der Waals surface area contributed by atoms with Gasteiger partial charge in [0.1, 0.15) is 23.3 Å². The molecule has 8 heteroatoms. The van der Waals surface area contributed by atoms with Gasteiger partial charge >= 0.3 is 0 Å². The summed E-state index contributed by atoms with van der Waals surface area (Å²) in [7, 11) is 0. The number of ether oxygens (including phenoxy) is 1. The van der Waals surface area contributed by atoms with E-state index in [1.165, 1.54) is 17.2 Å². The zero-order chi connectivity index (χ0) is 22.0. The van der Waals surface area contributed by atoms with Crippen molar-refractivity contribution in [3.05, 3.63) is 88.6 Å². The number of benzene rings is 1. The van der Waals surface area contributed by atoms with Crippen molar-refractivity contribution in [2.45, 2.75) is 19.5 Å². The van der Waals surface area contributed by atoms with Crippen LogP contribution in [0.5, 0.6) is 5.75 Å². The minimum absolute atomic E-state index is 0.0688. The Hall–Kier alpha value is -3.58. The first-order valence-corrected chi connectivity index (χ1v) is 10.0. The molecule has 1 unspecified atom stereocenters. The van der Waals surface area contributed by atoms with Crippen molar-refractivity contribution in [2.24, 2.45) is 0 Å². The van der Waals surface area contributed by atoms with E-state index < -0.39 is 17.7 Å². The molecule has 1 N–H and O–H groups in total. The smallest absolute Gasteiger partial charge is 0.296 e. The monoisotopic (exact) mass is 438 g/mol. The minimum atomic E-state index is -0.900. The van der Waals surface area contributed by atoms with E-state index in [4.69, 9.17) is 20.8 Å². The SMILES string of the molecule is CCOc1cc(/C(O)=C2/C(=O)C(=O)N(Cc3ccccn3)C2c2ccco2)ccc1Cl. The number of likely N-dealkylation sites (tertiary alicyclic amines) is 1. The maximum absolute atomic E-state index is 13.0. The fourth-order valence-corrected chi connectivity index (χ4v) is 3.70. The highest BCUT2D eigenvalue weighted by molar-refractivity contribution is 6.46. The van der Waals surface area contributed by atoms with E-state index in [9.17, 15) is 14.7 Å². The second-order valence-corrected chi connectivity index (χ2v) is 7.25. The summed E-state index contributed by atoms with van der Waals surface area (Å²) in [6, 6.07) is 12.4. The minimum Gasteiger partial charge on any atom is -0.507 e. The molecule has 1 amide bonds. The molecule has 31 heavy (non-hydrogen) atoms. The van der Waals surface area contributed by atoms with Gasteiger partial charge in [0.25, 0.3) is 11.7 Å². The van der Waals surface area contributed by atoms with Crippen molar-refractivity contribution in [3.63, 3.8) is 0 Å². The third-order valence-corrected chi connectivity index (χ3v) is 5.23. The Labute approximate surface area is 183 Å². The number of hydrogen-bond acceptors (Lipinski definition) is 6. The summed E-state index contributed by atoms with van der Waals surface area (Å²) >= 11 is 6.14. The van der Waals surface area contributed by atoms with Gasteiger partial charge in [-0.3, -0.25) is 14.6 Å². The lowest BCUT2D eigenvalue weighted by molar-refractivity contribution is -0.140. The van der Waals surface area contributed by atoms with E-state index in [1.807, 2.05) is 6.92 Å². The van der Waals surface area contributed by atoms with Crippen molar-refractivity contribution >= 4 is 29.1 Å². The van der Waals surface area contributed by atoms with Gasteiger partial charge in [0.15, 0.2) is 0 Å². The lowest BCUT2D eigenvalue weighted by Crippen LogP contribution is -2.29. The van der Waals surface area contributed by atoms with Gasteiger partial charge < -0.3 is 19.2 Å². The van der Waals surface area contributed by atoms with Gasteiger partial charge in [-0.15, -0.1) is 0 Å². The van der Waals surface area contributed by atoms with Gasteiger partial charge in [0, 0.05) is 11.8 Å². The molecule has 2 aromatic heterocycles. The molecule has 7 nitrogen and oxygen atoms in total.